The molecule has 0 aliphatic heterocycles. The summed E-state index contributed by atoms with van der Waals surface area (Å²) in [4.78, 5) is 16.7. The van der Waals surface area contributed by atoms with E-state index in [1.807, 2.05) is 6.92 Å². The van der Waals surface area contributed by atoms with Crippen LogP contribution in [0.2, 0.25) is 0 Å². The smallest absolute Gasteiger partial charge is 0.257 e. The molecule has 2 aromatic heterocycles. The number of hydrogen-bond donors (Lipinski definition) is 1. The molecule has 1 amide bonds. The molecule has 0 bridgehead atoms. The molecule has 0 spiro atoms. The lowest BCUT2D eigenvalue weighted by Gasteiger charge is -2.00. The third-order valence-corrected chi connectivity index (χ3v) is 2.73. The summed E-state index contributed by atoms with van der Waals surface area (Å²) in [6.07, 6.45) is 4.25. The van der Waals surface area contributed by atoms with Crippen molar-refractivity contribution in [3.63, 3.8) is 0 Å². The van der Waals surface area contributed by atoms with E-state index in [1.165, 1.54) is 35.9 Å². The van der Waals surface area contributed by atoms with Crippen LogP contribution in [0.5, 0.6) is 0 Å². The maximum Gasteiger partial charge on any atom is 0.257 e. The molecule has 0 saturated carbocycles. The van der Waals surface area contributed by atoms with Gasteiger partial charge < -0.3 is 5.21 Å². The van der Waals surface area contributed by atoms with Gasteiger partial charge in [0, 0.05) is 23.2 Å². The van der Waals surface area contributed by atoms with Crippen molar-refractivity contribution in [3.05, 3.63) is 46.4 Å². The fourth-order valence-corrected chi connectivity index (χ4v) is 1.81. The highest BCUT2D eigenvalue weighted by molar-refractivity contribution is 7.15. The SMILES string of the molecule is Cc1cnc(NC(=O)c2cc[n+]([O-])cc2)s1. The van der Waals surface area contributed by atoms with Crippen LogP contribution >= 0.6 is 11.3 Å². The lowest BCUT2D eigenvalue weighted by molar-refractivity contribution is -0.605. The van der Waals surface area contributed by atoms with Gasteiger partial charge in [-0.25, -0.2) is 4.98 Å². The first-order valence-electron chi connectivity index (χ1n) is 4.58. The van der Waals surface area contributed by atoms with Crippen molar-refractivity contribution in [1.82, 2.24) is 4.98 Å². The van der Waals surface area contributed by atoms with Crippen molar-refractivity contribution in [3.8, 4) is 0 Å². The van der Waals surface area contributed by atoms with Crippen LogP contribution in [0.25, 0.3) is 0 Å². The highest BCUT2D eigenvalue weighted by Crippen LogP contribution is 2.17. The Balaban J connectivity index is 2.11. The predicted octanol–water partition coefficient (Wildman–Crippen LogP) is 1.34. The highest BCUT2D eigenvalue weighted by atomic mass is 32.1. The molecule has 0 fully saturated rings. The number of carbonyl (C=O) groups excluding carboxylic acids is 1. The van der Waals surface area contributed by atoms with Crippen molar-refractivity contribution in [2.75, 3.05) is 5.32 Å². The van der Waals surface area contributed by atoms with Gasteiger partial charge in [0.05, 0.1) is 5.56 Å². The van der Waals surface area contributed by atoms with E-state index >= 15 is 0 Å². The minimum absolute atomic E-state index is 0.269. The molecular weight excluding hydrogens is 226 g/mol. The number of nitrogens with zero attached hydrogens (tertiary/aromatic N) is 2. The molecule has 0 aliphatic carbocycles. The van der Waals surface area contributed by atoms with Crippen molar-refractivity contribution in [2.24, 2.45) is 0 Å². The van der Waals surface area contributed by atoms with E-state index in [4.69, 9.17) is 0 Å². The first-order chi connectivity index (χ1) is 7.65. The minimum atomic E-state index is -0.269. The maximum atomic E-state index is 11.7. The van der Waals surface area contributed by atoms with Crippen molar-refractivity contribution in [1.29, 1.82) is 0 Å². The second kappa shape index (κ2) is 4.28. The standard InChI is InChI=1S/C10H9N3O2S/c1-7-6-11-10(16-7)12-9(14)8-2-4-13(15)5-3-8/h2-6H,1H3,(H,11,12,14). The van der Waals surface area contributed by atoms with E-state index in [-0.39, 0.29) is 5.91 Å². The van der Waals surface area contributed by atoms with Gasteiger partial charge in [-0.2, -0.15) is 4.73 Å². The highest BCUT2D eigenvalue weighted by Gasteiger charge is 2.08. The zero-order valence-electron chi connectivity index (χ0n) is 8.51. The molecule has 1 N–H and O–H groups in total. The van der Waals surface area contributed by atoms with E-state index in [2.05, 4.69) is 10.3 Å². The number of aromatic nitrogens is 2. The molecule has 0 unspecified atom stereocenters. The van der Waals surface area contributed by atoms with Crippen LogP contribution < -0.4 is 10.0 Å². The maximum absolute atomic E-state index is 11.7. The molecule has 0 atom stereocenters. The van der Waals surface area contributed by atoms with Crippen LogP contribution in [-0.2, 0) is 0 Å². The largest absolute Gasteiger partial charge is 0.619 e. The number of nitrogens with one attached hydrogen (secondary N) is 1. The second-order valence-electron chi connectivity index (χ2n) is 3.18. The number of anilines is 1. The summed E-state index contributed by atoms with van der Waals surface area (Å²) >= 11 is 1.40. The van der Waals surface area contributed by atoms with Gasteiger partial charge in [-0.3, -0.25) is 10.1 Å². The number of amides is 1. The predicted molar refractivity (Wildman–Crippen MR) is 60.2 cm³/mol. The average Bonchev–Trinajstić information content (AvgIpc) is 2.65. The van der Waals surface area contributed by atoms with Gasteiger partial charge >= 0.3 is 0 Å². The lowest BCUT2D eigenvalue weighted by Crippen LogP contribution is -2.25. The van der Waals surface area contributed by atoms with E-state index < -0.39 is 0 Å². The van der Waals surface area contributed by atoms with Crippen molar-refractivity contribution < 1.29 is 9.52 Å². The van der Waals surface area contributed by atoms with Gasteiger partial charge in [-0.1, -0.05) is 0 Å². The normalized spacial score (nSPS) is 10.1. The van der Waals surface area contributed by atoms with Crippen LogP contribution in [0.15, 0.2) is 30.7 Å². The fourth-order valence-electron chi connectivity index (χ4n) is 1.15. The first kappa shape index (κ1) is 10.6. The van der Waals surface area contributed by atoms with Gasteiger partial charge in [0.2, 0.25) is 0 Å². The first-order valence-corrected chi connectivity index (χ1v) is 5.39. The van der Waals surface area contributed by atoms with E-state index in [1.54, 1.807) is 6.20 Å². The molecule has 82 valence electrons. The second-order valence-corrected chi connectivity index (χ2v) is 4.41. The Morgan fingerprint density at radius 1 is 1.50 bits per heavy atom. The Hall–Kier alpha value is -1.95. The molecular formula is C10H9N3O2S. The van der Waals surface area contributed by atoms with Crippen LogP contribution in [-0.4, -0.2) is 10.9 Å². The number of pyridine rings is 1. The lowest BCUT2D eigenvalue weighted by atomic mass is 10.2. The molecule has 16 heavy (non-hydrogen) atoms. The summed E-state index contributed by atoms with van der Waals surface area (Å²) in [7, 11) is 0. The molecule has 2 heterocycles. The third kappa shape index (κ3) is 2.34. The molecule has 5 nitrogen and oxygen atoms in total. The summed E-state index contributed by atoms with van der Waals surface area (Å²) in [6, 6.07) is 2.92. The number of hydrogen-bond acceptors (Lipinski definition) is 4. The summed E-state index contributed by atoms with van der Waals surface area (Å²) in [5.74, 6) is -0.269. The molecule has 2 rings (SSSR count). The average molecular weight is 235 g/mol. The molecule has 0 radical (unpaired) electrons. The number of thiazole rings is 1. The van der Waals surface area contributed by atoms with Gasteiger partial charge in [0.15, 0.2) is 17.5 Å². The molecule has 0 aliphatic rings. The van der Waals surface area contributed by atoms with Crippen LogP contribution in [0, 0.1) is 12.1 Å². The summed E-state index contributed by atoms with van der Waals surface area (Å²) in [5, 5.41) is 14.0. The van der Waals surface area contributed by atoms with Gasteiger partial charge in [-0.15, -0.1) is 11.3 Å². The third-order valence-electron chi connectivity index (χ3n) is 1.91. The van der Waals surface area contributed by atoms with Crippen LogP contribution in [0.1, 0.15) is 15.2 Å². The Bertz CT molecular complexity index is 507. The summed E-state index contributed by atoms with van der Waals surface area (Å²) in [6.45, 7) is 1.91. The van der Waals surface area contributed by atoms with E-state index in [9.17, 15) is 10.0 Å². The minimum Gasteiger partial charge on any atom is -0.619 e. The zero-order valence-corrected chi connectivity index (χ0v) is 9.32. The van der Waals surface area contributed by atoms with Crippen LogP contribution in [0.4, 0.5) is 5.13 Å². The van der Waals surface area contributed by atoms with Crippen molar-refractivity contribution in [2.45, 2.75) is 6.92 Å². The van der Waals surface area contributed by atoms with Crippen LogP contribution in [0.3, 0.4) is 0 Å². The Kier molecular flexibility index (Phi) is 2.82. The Labute approximate surface area is 96.0 Å². The topological polar surface area (TPSA) is 68.9 Å². The molecule has 6 heteroatoms. The monoisotopic (exact) mass is 235 g/mol. The van der Waals surface area contributed by atoms with Gasteiger partial charge in [-0.05, 0) is 6.92 Å². The van der Waals surface area contributed by atoms with Gasteiger partial charge in [0.1, 0.15) is 0 Å². The summed E-state index contributed by atoms with van der Waals surface area (Å²) in [5.41, 5.74) is 0.431. The summed E-state index contributed by atoms with van der Waals surface area (Å²) < 4.78 is 0.629. The fraction of sp³-hybridized carbons (Fsp3) is 0.100. The number of carbonyl (C=O) groups is 1. The quantitative estimate of drug-likeness (QED) is 0.630. The molecule has 0 saturated heterocycles. The van der Waals surface area contributed by atoms with E-state index in [0.717, 1.165) is 4.88 Å². The Morgan fingerprint density at radius 2 is 2.19 bits per heavy atom. The zero-order chi connectivity index (χ0) is 11.5. The number of rotatable bonds is 2. The molecule has 0 aromatic carbocycles. The van der Waals surface area contributed by atoms with E-state index in [0.29, 0.717) is 15.4 Å². The Morgan fingerprint density at radius 3 is 2.75 bits per heavy atom. The number of aryl methyl sites for hydroxylation is 1. The van der Waals surface area contributed by atoms with Crippen molar-refractivity contribution >= 4 is 22.4 Å². The van der Waals surface area contributed by atoms with Gasteiger partial charge in [0.25, 0.3) is 5.91 Å². The molecule has 2 aromatic rings.